The molecular weight excluding hydrogens is 252 g/mol. The summed E-state index contributed by atoms with van der Waals surface area (Å²) in [6.45, 7) is 7.60. The first-order valence-electron chi connectivity index (χ1n) is 7.18. The van der Waals surface area contributed by atoms with E-state index >= 15 is 0 Å². The molecule has 0 fully saturated rings. The van der Waals surface area contributed by atoms with Gasteiger partial charge in [0.05, 0.1) is 0 Å². The van der Waals surface area contributed by atoms with E-state index in [1.807, 2.05) is 27.7 Å². The van der Waals surface area contributed by atoms with Gasteiger partial charge in [-0.15, -0.1) is 0 Å². The van der Waals surface area contributed by atoms with E-state index in [1.54, 1.807) is 12.1 Å². The van der Waals surface area contributed by atoms with Crippen LogP contribution in [0.4, 0.5) is 5.69 Å². The van der Waals surface area contributed by atoms with Gasteiger partial charge >= 0.3 is 0 Å². The predicted octanol–water partition coefficient (Wildman–Crippen LogP) is 3.10. The average molecular weight is 278 g/mol. The Labute approximate surface area is 121 Å². The third kappa shape index (κ3) is 4.85. The molecule has 2 atom stereocenters. The van der Waals surface area contributed by atoms with Crippen molar-refractivity contribution in [1.29, 1.82) is 0 Å². The van der Waals surface area contributed by atoms with Crippen LogP contribution in [0.2, 0.25) is 0 Å². The van der Waals surface area contributed by atoms with Crippen LogP contribution in [0.15, 0.2) is 12.1 Å². The molecule has 0 aliphatic heterocycles. The standard InChI is InChI=1S/C16H26N2O2/c1-10(6-5-7-13(4)17)16(20)18-14-8-12(3)15(19)9-11(14)2/h8-10,13,19H,5-7,17H2,1-4H3,(H,18,20). The fourth-order valence-electron chi connectivity index (χ4n) is 2.07. The molecule has 1 rings (SSSR count). The molecule has 0 saturated heterocycles. The number of aryl methyl sites for hydroxylation is 2. The number of nitrogens with one attached hydrogen (secondary N) is 1. The highest BCUT2D eigenvalue weighted by Gasteiger charge is 2.14. The Kier molecular flexibility index (Phi) is 6.02. The summed E-state index contributed by atoms with van der Waals surface area (Å²) >= 11 is 0. The van der Waals surface area contributed by atoms with Crippen LogP contribution >= 0.6 is 0 Å². The van der Waals surface area contributed by atoms with E-state index in [2.05, 4.69) is 5.32 Å². The molecule has 20 heavy (non-hydrogen) atoms. The van der Waals surface area contributed by atoms with Crippen LogP contribution in [-0.4, -0.2) is 17.1 Å². The molecule has 0 bridgehead atoms. The molecule has 2 unspecified atom stereocenters. The quantitative estimate of drug-likeness (QED) is 0.700. The largest absolute Gasteiger partial charge is 0.508 e. The first kappa shape index (κ1) is 16.5. The van der Waals surface area contributed by atoms with E-state index in [-0.39, 0.29) is 23.6 Å². The summed E-state index contributed by atoms with van der Waals surface area (Å²) in [7, 11) is 0. The average Bonchev–Trinajstić information content (AvgIpc) is 2.35. The molecule has 4 N–H and O–H groups in total. The second kappa shape index (κ2) is 7.29. The number of anilines is 1. The minimum absolute atomic E-state index is 0.0165. The van der Waals surface area contributed by atoms with Crippen molar-refractivity contribution in [2.75, 3.05) is 5.32 Å². The number of hydrogen-bond acceptors (Lipinski definition) is 3. The van der Waals surface area contributed by atoms with E-state index < -0.39 is 0 Å². The van der Waals surface area contributed by atoms with Crippen molar-refractivity contribution in [3.63, 3.8) is 0 Å². The Hall–Kier alpha value is -1.55. The molecule has 1 amide bonds. The molecule has 0 spiro atoms. The molecule has 4 nitrogen and oxygen atoms in total. The lowest BCUT2D eigenvalue weighted by atomic mass is 10.0. The van der Waals surface area contributed by atoms with Crippen LogP contribution in [0.3, 0.4) is 0 Å². The maximum absolute atomic E-state index is 12.1. The zero-order chi connectivity index (χ0) is 15.3. The van der Waals surface area contributed by atoms with Crippen LogP contribution < -0.4 is 11.1 Å². The second-order valence-electron chi connectivity index (χ2n) is 5.75. The normalized spacial score (nSPS) is 13.8. The number of benzene rings is 1. The van der Waals surface area contributed by atoms with Crippen molar-refractivity contribution in [3.8, 4) is 5.75 Å². The van der Waals surface area contributed by atoms with Crippen LogP contribution in [0, 0.1) is 19.8 Å². The first-order chi connectivity index (χ1) is 9.31. The van der Waals surface area contributed by atoms with Gasteiger partial charge in [0.25, 0.3) is 0 Å². The van der Waals surface area contributed by atoms with Crippen LogP contribution in [-0.2, 0) is 4.79 Å². The molecule has 0 radical (unpaired) electrons. The molecule has 1 aromatic rings. The van der Waals surface area contributed by atoms with E-state index in [4.69, 9.17) is 5.73 Å². The van der Waals surface area contributed by atoms with E-state index in [0.29, 0.717) is 0 Å². The third-order valence-electron chi connectivity index (χ3n) is 3.54. The SMILES string of the molecule is Cc1cc(NC(=O)C(C)CCCC(C)N)c(C)cc1O. The Bertz CT molecular complexity index is 470. The number of nitrogens with two attached hydrogens (primary N) is 1. The van der Waals surface area contributed by atoms with Gasteiger partial charge in [-0.25, -0.2) is 0 Å². The van der Waals surface area contributed by atoms with Crippen molar-refractivity contribution in [1.82, 2.24) is 0 Å². The maximum atomic E-state index is 12.1. The molecular formula is C16H26N2O2. The Morgan fingerprint density at radius 2 is 1.90 bits per heavy atom. The monoisotopic (exact) mass is 278 g/mol. The first-order valence-corrected chi connectivity index (χ1v) is 7.18. The molecule has 0 aliphatic carbocycles. The summed E-state index contributed by atoms with van der Waals surface area (Å²) in [5, 5.41) is 12.5. The summed E-state index contributed by atoms with van der Waals surface area (Å²) in [5.41, 5.74) is 8.10. The number of carbonyl (C=O) groups is 1. The highest BCUT2D eigenvalue weighted by molar-refractivity contribution is 5.93. The minimum Gasteiger partial charge on any atom is -0.508 e. The highest BCUT2D eigenvalue weighted by Crippen LogP contribution is 2.25. The van der Waals surface area contributed by atoms with Crippen molar-refractivity contribution >= 4 is 11.6 Å². The van der Waals surface area contributed by atoms with Gasteiger partial charge in [0.2, 0.25) is 5.91 Å². The van der Waals surface area contributed by atoms with E-state index in [0.717, 1.165) is 36.1 Å². The number of hydrogen-bond donors (Lipinski definition) is 3. The third-order valence-corrected chi connectivity index (χ3v) is 3.54. The number of amides is 1. The number of rotatable bonds is 6. The van der Waals surface area contributed by atoms with Gasteiger partial charge in [-0.05, 0) is 56.9 Å². The van der Waals surface area contributed by atoms with Gasteiger partial charge in [-0.3, -0.25) is 4.79 Å². The van der Waals surface area contributed by atoms with Crippen molar-refractivity contribution in [3.05, 3.63) is 23.3 Å². The number of phenolic OH excluding ortho intramolecular Hbond substituents is 1. The summed E-state index contributed by atoms with van der Waals surface area (Å²) in [4.78, 5) is 12.1. The summed E-state index contributed by atoms with van der Waals surface area (Å²) in [5.74, 6) is 0.232. The Balaban J connectivity index is 2.59. The topological polar surface area (TPSA) is 75.4 Å². The zero-order valence-electron chi connectivity index (χ0n) is 12.9. The van der Waals surface area contributed by atoms with Crippen molar-refractivity contribution in [2.45, 2.75) is 53.0 Å². The summed E-state index contributed by atoms with van der Waals surface area (Å²) in [6.07, 6.45) is 2.73. The lowest BCUT2D eigenvalue weighted by Crippen LogP contribution is -2.22. The van der Waals surface area contributed by atoms with Gasteiger partial charge in [-0.1, -0.05) is 13.3 Å². The number of carbonyl (C=O) groups excluding carboxylic acids is 1. The van der Waals surface area contributed by atoms with E-state index in [1.165, 1.54) is 0 Å². The molecule has 0 saturated carbocycles. The van der Waals surface area contributed by atoms with Crippen molar-refractivity contribution < 1.29 is 9.90 Å². The smallest absolute Gasteiger partial charge is 0.227 e. The lowest BCUT2D eigenvalue weighted by Gasteiger charge is -2.15. The summed E-state index contributed by atoms with van der Waals surface area (Å²) < 4.78 is 0. The van der Waals surface area contributed by atoms with Crippen molar-refractivity contribution in [2.24, 2.45) is 11.7 Å². The van der Waals surface area contributed by atoms with Gasteiger partial charge < -0.3 is 16.2 Å². The van der Waals surface area contributed by atoms with E-state index in [9.17, 15) is 9.90 Å². The highest BCUT2D eigenvalue weighted by atomic mass is 16.3. The zero-order valence-corrected chi connectivity index (χ0v) is 12.9. The molecule has 112 valence electrons. The maximum Gasteiger partial charge on any atom is 0.227 e. The van der Waals surface area contributed by atoms with Crippen LogP contribution in [0.5, 0.6) is 5.75 Å². The molecule has 0 aromatic heterocycles. The van der Waals surface area contributed by atoms with Crippen LogP contribution in [0.25, 0.3) is 0 Å². The fourth-order valence-corrected chi connectivity index (χ4v) is 2.07. The van der Waals surface area contributed by atoms with Gasteiger partial charge in [0.1, 0.15) is 5.75 Å². The van der Waals surface area contributed by atoms with Gasteiger partial charge in [0.15, 0.2) is 0 Å². The summed E-state index contributed by atoms with van der Waals surface area (Å²) in [6, 6.07) is 3.66. The molecule has 0 aliphatic rings. The van der Waals surface area contributed by atoms with Gasteiger partial charge in [-0.2, -0.15) is 0 Å². The predicted molar refractivity (Wildman–Crippen MR) is 82.9 cm³/mol. The van der Waals surface area contributed by atoms with Crippen LogP contribution in [0.1, 0.15) is 44.2 Å². The molecule has 1 aromatic carbocycles. The van der Waals surface area contributed by atoms with Gasteiger partial charge in [0, 0.05) is 17.6 Å². The number of aromatic hydroxyl groups is 1. The lowest BCUT2D eigenvalue weighted by molar-refractivity contribution is -0.119. The second-order valence-corrected chi connectivity index (χ2v) is 5.75. The number of phenols is 1. The minimum atomic E-state index is -0.0396. The Morgan fingerprint density at radius 3 is 2.50 bits per heavy atom. The molecule has 4 heteroatoms. The fraction of sp³-hybridized carbons (Fsp3) is 0.562. The molecule has 0 heterocycles. The Morgan fingerprint density at radius 1 is 1.25 bits per heavy atom.